The maximum absolute atomic E-state index is 13.5. The topological polar surface area (TPSA) is 3.24 Å². The van der Waals surface area contributed by atoms with E-state index in [1.54, 1.807) is 12.1 Å². The summed E-state index contributed by atoms with van der Waals surface area (Å²) in [6.07, 6.45) is 4.73. The maximum Gasteiger partial charge on any atom is 0.123 e. The van der Waals surface area contributed by atoms with E-state index >= 15 is 0 Å². The van der Waals surface area contributed by atoms with Crippen LogP contribution >= 0.6 is 0 Å². The van der Waals surface area contributed by atoms with Crippen LogP contribution in [0.5, 0.6) is 0 Å². The molecular weight excluding hydrogens is 285 g/mol. The molecule has 2 aromatic rings. The van der Waals surface area contributed by atoms with Crippen molar-refractivity contribution in [2.75, 3.05) is 19.6 Å². The molecule has 0 aromatic heterocycles. The zero-order chi connectivity index (χ0) is 15.6. The Labute approximate surface area is 138 Å². The number of likely N-dealkylation sites (tertiary alicyclic amines) is 1. The fraction of sp³-hybridized carbons (Fsp3) is 0.429. The van der Waals surface area contributed by atoms with Gasteiger partial charge in [0, 0.05) is 13.1 Å². The number of halogens is 1. The van der Waals surface area contributed by atoms with Gasteiger partial charge in [-0.25, -0.2) is 4.39 Å². The average molecular weight is 309 g/mol. The summed E-state index contributed by atoms with van der Waals surface area (Å²) in [4.78, 5) is 2.61. The van der Waals surface area contributed by atoms with Gasteiger partial charge in [-0.2, -0.15) is 0 Å². The third-order valence-corrected chi connectivity index (χ3v) is 5.57. The second kappa shape index (κ2) is 6.45. The molecule has 0 radical (unpaired) electrons. The van der Waals surface area contributed by atoms with E-state index in [1.807, 2.05) is 6.07 Å². The first-order valence-electron chi connectivity index (χ1n) is 8.85. The first kappa shape index (κ1) is 14.9. The Kier molecular flexibility index (Phi) is 4.17. The molecule has 2 aromatic carbocycles. The number of aryl methyl sites for hydroxylation is 1. The molecule has 0 bridgehead atoms. The summed E-state index contributed by atoms with van der Waals surface area (Å²) in [5.74, 6) is 1.16. The van der Waals surface area contributed by atoms with Gasteiger partial charge in [0.15, 0.2) is 0 Å². The Morgan fingerprint density at radius 2 is 1.91 bits per heavy atom. The second-order valence-electron chi connectivity index (χ2n) is 7.09. The molecule has 0 amide bonds. The first-order valence-corrected chi connectivity index (χ1v) is 8.85. The molecule has 2 atom stereocenters. The summed E-state index contributed by atoms with van der Waals surface area (Å²) in [6.45, 7) is 3.48. The van der Waals surface area contributed by atoms with Crippen LogP contribution in [0.25, 0.3) is 0 Å². The average Bonchev–Trinajstić information content (AvgIpc) is 3.04. The van der Waals surface area contributed by atoms with Crippen molar-refractivity contribution in [3.63, 3.8) is 0 Å². The molecular formula is C21H24FN. The predicted octanol–water partition coefficient (Wildman–Crippen LogP) is 4.74. The van der Waals surface area contributed by atoms with Crippen LogP contribution in [0.3, 0.4) is 0 Å². The highest BCUT2D eigenvalue weighted by atomic mass is 19.1. The highest BCUT2D eigenvalue weighted by molar-refractivity contribution is 5.33. The zero-order valence-corrected chi connectivity index (χ0v) is 13.5. The van der Waals surface area contributed by atoms with Crippen LogP contribution in [0.15, 0.2) is 48.5 Å². The predicted molar refractivity (Wildman–Crippen MR) is 92.3 cm³/mol. The van der Waals surface area contributed by atoms with Gasteiger partial charge in [-0.3, -0.25) is 0 Å². The lowest BCUT2D eigenvalue weighted by molar-refractivity contribution is 0.297. The third kappa shape index (κ3) is 3.18. The van der Waals surface area contributed by atoms with E-state index in [2.05, 4.69) is 35.2 Å². The van der Waals surface area contributed by atoms with Crippen molar-refractivity contribution in [1.82, 2.24) is 4.90 Å². The molecule has 120 valence electrons. The van der Waals surface area contributed by atoms with Gasteiger partial charge in [-0.1, -0.05) is 36.4 Å². The molecule has 4 rings (SSSR count). The number of rotatable bonds is 3. The van der Waals surface area contributed by atoms with Gasteiger partial charge in [0.1, 0.15) is 5.82 Å². The van der Waals surface area contributed by atoms with Crippen LogP contribution < -0.4 is 0 Å². The molecule has 0 saturated carbocycles. The molecule has 0 spiro atoms. The van der Waals surface area contributed by atoms with Crippen LogP contribution in [-0.4, -0.2) is 24.5 Å². The number of hydrogen-bond acceptors (Lipinski definition) is 1. The fourth-order valence-electron chi connectivity index (χ4n) is 4.38. The van der Waals surface area contributed by atoms with E-state index < -0.39 is 0 Å². The molecule has 1 aliphatic heterocycles. The highest BCUT2D eigenvalue weighted by Gasteiger charge is 2.28. The molecule has 1 fully saturated rings. The van der Waals surface area contributed by atoms with Crippen molar-refractivity contribution in [3.8, 4) is 0 Å². The summed E-state index contributed by atoms with van der Waals surface area (Å²) >= 11 is 0. The molecule has 1 nitrogen and oxygen atoms in total. The van der Waals surface area contributed by atoms with Crippen molar-refractivity contribution in [2.45, 2.75) is 37.5 Å². The highest BCUT2D eigenvalue weighted by Crippen LogP contribution is 2.35. The monoisotopic (exact) mass is 309 g/mol. The van der Waals surface area contributed by atoms with Gasteiger partial charge in [-0.05, 0) is 72.9 Å². The van der Waals surface area contributed by atoms with Crippen molar-refractivity contribution < 1.29 is 4.39 Å². The minimum absolute atomic E-state index is 0.0882. The lowest BCUT2D eigenvalue weighted by Crippen LogP contribution is -2.28. The minimum atomic E-state index is -0.0882. The van der Waals surface area contributed by atoms with E-state index in [-0.39, 0.29) is 5.82 Å². The third-order valence-electron chi connectivity index (χ3n) is 5.57. The lowest BCUT2D eigenvalue weighted by atomic mass is 9.82. The summed E-state index contributed by atoms with van der Waals surface area (Å²) in [5, 5.41) is 0. The summed E-state index contributed by atoms with van der Waals surface area (Å²) in [5.41, 5.74) is 4.10. The van der Waals surface area contributed by atoms with E-state index in [4.69, 9.17) is 0 Å². The quantitative estimate of drug-likeness (QED) is 0.792. The fourth-order valence-corrected chi connectivity index (χ4v) is 4.38. The molecule has 2 heteroatoms. The summed E-state index contributed by atoms with van der Waals surface area (Å²) in [7, 11) is 0. The van der Waals surface area contributed by atoms with Crippen molar-refractivity contribution in [2.24, 2.45) is 0 Å². The number of nitrogens with zero attached hydrogens (tertiary/aromatic N) is 1. The van der Waals surface area contributed by atoms with Crippen molar-refractivity contribution in [1.29, 1.82) is 0 Å². The number of fused-ring (bicyclic) bond motifs is 1. The first-order chi connectivity index (χ1) is 11.3. The number of hydrogen-bond donors (Lipinski definition) is 0. The van der Waals surface area contributed by atoms with Crippen LogP contribution in [0, 0.1) is 5.82 Å². The SMILES string of the molecule is Fc1ccc2c(c1)CCCC2CN1CCC(c2ccccc2)C1. The molecule has 1 saturated heterocycles. The van der Waals surface area contributed by atoms with Gasteiger partial charge in [0.25, 0.3) is 0 Å². The molecule has 1 heterocycles. The Bertz CT molecular complexity index is 667. The van der Waals surface area contributed by atoms with Crippen LogP contribution in [0.1, 0.15) is 47.8 Å². The minimum Gasteiger partial charge on any atom is -0.302 e. The smallest absolute Gasteiger partial charge is 0.123 e. The molecule has 2 unspecified atom stereocenters. The van der Waals surface area contributed by atoms with E-state index in [0.29, 0.717) is 11.8 Å². The van der Waals surface area contributed by atoms with Gasteiger partial charge in [0.05, 0.1) is 0 Å². The van der Waals surface area contributed by atoms with E-state index in [9.17, 15) is 4.39 Å². The van der Waals surface area contributed by atoms with E-state index in [1.165, 1.54) is 42.5 Å². The standard InChI is InChI=1S/C21H24FN/c22-20-9-10-21-17(13-20)7-4-8-19(21)15-23-12-11-18(14-23)16-5-2-1-3-6-16/h1-3,5-6,9-10,13,18-19H,4,7-8,11-12,14-15H2. The van der Waals surface area contributed by atoms with Crippen molar-refractivity contribution in [3.05, 3.63) is 71.0 Å². The molecule has 0 N–H and O–H groups in total. The number of benzene rings is 2. The Morgan fingerprint density at radius 3 is 2.78 bits per heavy atom. The maximum atomic E-state index is 13.5. The zero-order valence-electron chi connectivity index (χ0n) is 13.5. The van der Waals surface area contributed by atoms with Gasteiger partial charge < -0.3 is 4.90 Å². The summed E-state index contributed by atoms with van der Waals surface area (Å²) < 4.78 is 13.5. The molecule has 2 aliphatic rings. The van der Waals surface area contributed by atoms with Crippen molar-refractivity contribution >= 4 is 0 Å². The molecule has 23 heavy (non-hydrogen) atoms. The van der Waals surface area contributed by atoms with Crippen LogP contribution in [0.2, 0.25) is 0 Å². The van der Waals surface area contributed by atoms with Gasteiger partial charge >= 0.3 is 0 Å². The van der Waals surface area contributed by atoms with E-state index in [0.717, 1.165) is 19.5 Å². The van der Waals surface area contributed by atoms with Gasteiger partial charge in [0.2, 0.25) is 0 Å². The Balaban J connectivity index is 1.44. The normalized spacial score (nSPS) is 24.6. The van der Waals surface area contributed by atoms with Gasteiger partial charge in [-0.15, -0.1) is 0 Å². The Morgan fingerprint density at radius 1 is 1.04 bits per heavy atom. The second-order valence-corrected chi connectivity index (χ2v) is 7.09. The molecule has 1 aliphatic carbocycles. The lowest BCUT2D eigenvalue weighted by Gasteiger charge is -2.29. The largest absolute Gasteiger partial charge is 0.302 e. The van der Waals surface area contributed by atoms with Crippen LogP contribution in [-0.2, 0) is 6.42 Å². The Hall–Kier alpha value is -1.67. The summed E-state index contributed by atoms with van der Waals surface area (Å²) in [6, 6.07) is 16.3. The van der Waals surface area contributed by atoms with Crippen LogP contribution in [0.4, 0.5) is 4.39 Å².